The van der Waals surface area contributed by atoms with Gasteiger partial charge in [0.05, 0.1) is 31.7 Å². The molecule has 0 aliphatic carbocycles. The number of hydrogen-bond acceptors (Lipinski definition) is 5. The van der Waals surface area contributed by atoms with Crippen LogP contribution < -0.4 is 20.2 Å². The van der Waals surface area contributed by atoms with Crippen LogP contribution >= 0.6 is 0 Å². The van der Waals surface area contributed by atoms with E-state index in [-0.39, 0.29) is 28.7 Å². The molecule has 0 atom stereocenters. The fourth-order valence-electron chi connectivity index (χ4n) is 6.00. The summed E-state index contributed by atoms with van der Waals surface area (Å²) >= 11 is 0. The molecule has 0 unspecified atom stereocenters. The molecule has 5 aromatic rings. The van der Waals surface area contributed by atoms with Crippen molar-refractivity contribution in [2.45, 2.75) is 32.7 Å². The highest BCUT2D eigenvalue weighted by atomic mass is 19.1. The Labute approximate surface area is 249 Å². The number of rotatable bonds is 8. The molecule has 0 radical (unpaired) electrons. The highest BCUT2D eigenvalue weighted by Crippen LogP contribution is 2.33. The van der Waals surface area contributed by atoms with E-state index < -0.39 is 5.82 Å². The van der Waals surface area contributed by atoms with Gasteiger partial charge >= 0.3 is 0 Å². The van der Waals surface area contributed by atoms with Gasteiger partial charge in [0.1, 0.15) is 5.82 Å². The van der Waals surface area contributed by atoms with Gasteiger partial charge in [-0.15, -0.1) is 0 Å². The molecule has 0 bridgehead atoms. The van der Waals surface area contributed by atoms with E-state index in [1.54, 1.807) is 38.5 Å². The minimum absolute atomic E-state index is 0.0432. The number of benzene rings is 4. The van der Waals surface area contributed by atoms with Crippen LogP contribution in [0.5, 0.6) is 11.5 Å². The van der Waals surface area contributed by atoms with Crippen LogP contribution in [0.4, 0.5) is 10.1 Å². The van der Waals surface area contributed by atoms with Crippen LogP contribution in [0, 0.1) is 12.7 Å². The lowest BCUT2D eigenvalue weighted by Crippen LogP contribution is -2.32. The minimum atomic E-state index is -0.502. The van der Waals surface area contributed by atoms with E-state index >= 15 is 0 Å². The van der Waals surface area contributed by atoms with E-state index in [0.717, 1.165) is 55.2 Å². The molecule has 7 nitrogen and oxygen atoms in total. The van der Waals surface area contributed by atoms with Gasteiger partial charge in [-0.05, 0) is 84.0 Å². The first kappa shape index (κ1) is 28.4. The number of methoxy groups -OCH3 is 2. The van der Waals surface area contributed by atoms with Crippen LogP contribution in [0.1, 0.15) is 27.8 Å². The number of amides is 1. The SMILES string of the molecule is COc1cc2c(cc1OC)CN(CCc1ccc(NC(=O)Cc3cccc4c(=O)c5cccc(F)c5[nH]c34)c(C)c1)CC2. The number of hydrogen-bond donors (Lipinski definition) is 2. The van der Waals surface area contributed by atoms with Crippen LogP contribution in [-0.2, 0) is 30.6 Å². The third kappa shape index (κ3) is 5.70. The van der Waals surface area contributed by atoms with Crippen molar-refractivity contribution in [2.24, 2.45) is 0 Å². The molecule has 0 saturated carbocycles. The lowest BCUT2D eigenvalue weighted by molar-refractivity contribution is -0.115. The summed E-state index contributed by atoms with van der Waals surface area (Å²) in [4.78, 5) is 31.6. The molecule has 1 aliphatic heterocycles. The van der Waals surface area contributed by atoms with Gasteiger partial charge in [-0.1, -0.05) is 30.3 Å². The highest BCUT2D eigenvalue weighted by molar-refractivity contribution is 5.98. The second-order valence-corrected chi connectivity index (χ2v) is 11.1. The summed E-state index contributed by atoms with van der Waals surface area (Å²) < 4.78 is 25.4. The number of aryl methyl sites for hydroxylation is 1. The van der Waals surface area contributed by atoms with Gasteiger partial charge < -0.3 is 19.8 Å². The van der Waals surface area contributed by atoms with E-state index in [9.17, 15) is 14.0 Å². The zero-order valence-corrected chi connectivity index (χ0v) is 24.6. The first-order chi connectivity index (χ1) is 20.8. The third-order valence-electron chi connectivity index (χ3n) is 8.33. The number of carbonyl (C=O) groups is 1. The lowest BCUT2D eigenvalue weighted by Gasteiger charge is -2.29. The molecule has 43 heavy (non-hydrogen) atoms. The number of pyridine rings is 1. The second-order valence-electron chi connectivity index (χ2n) is 11.1. The van der Waals surface area contributed by atoms with Crippen LogP contribution in [0.3, 0.4) is 0 Å². The first-order valence-electron chi connectivity index (χ1n) is 14.4. The summed E-state index contributed by atoms with van der Waals surface area (Å²) in [6, 6.07) is 19.9. The molecule has 1 aromatic heterocycles. The number of H-pyrrole nitrogens is 1. The molecule has 1 amide bonds. The third-order valence-corrected chi connectivity index (χ3v) is 8.33. The number of anilines is 1. The molecule has 2 N–H and O–H groups in total. The van der Waals surface area contributed by atoms with Crippen LogP contribution in [0.15, 0.2) is 71.5 Å². The molecular formula is C35H34FN3O4. The quantitative estimate of drug-likeness (QED) is 0.223. The van der Waals surface area contributed by atoms with Gasteiger partial charge in [0, 0.05) is 36.1 Å². The molecule has 220 valence electrons. The molecule has 0 saturated heterocycles. The average Bonchev–Trinajstić information content (AvgIpc) is 3.01. The van der Waals surface area contributed by atoms with Gasteiger partial charge in [-0.2, -0.15) is 0 Å². The maximum absolute atomic E-state index is 14.5. The van der Waals surface area contributed by atoms with Crippen molar-refractivity contribution in [3.8, 4) is 11.5 Å². The zero-order chi connectivity index (χ0) is 30.1. The van der Waals surface area contributed by atoms with E-state index in [4.69, 9.17) is 9.47 Å². The number of nitrogens with one attached hydrogen (secondary N) is 2. The predicted octanol–water partition coefficient (Wildman–Crippen LogP) is 5.93. The predicted molar refractivity (Wildman–Crippen MR) is 168 cm³/mol. The van der Waals surface area contributed by atoms with E-state index in [1.165, 1.54) is 28.8 Å². The number of carbonyl (C=O) groups excluding carboxylic acids is 1. The summed E-state index contributed by atoms with van der Waals surface area (Å²) in [6.07, 6.45) is 1.91. The van der Waals surface area contributed by atoms with Crippen molar-refractivity contribution < 1.29 is 18.7 Å². The summed E-state index contributed by atoms with van der Waals surface area (Å²) in [5, 5.41) is 3.73. The van der Waals surface area contributed by atoms with Gasteiger partial charge in [0.15, 0.2) is 16.9 Å². The van der Waals surface area contributed by atoms with Crippen molar-refractivity contribution in [2.75, 3.05) is 32.6 Å². The molecule has 6 rings (SSSR count). The van der Waals surface area contributed by atoms with Crippen LogP contribution in [0.2, 0.25) is 0 Å². The maximum atomic E-state index is 14.5. The largest absolute Gasteiger partial charge is 0.493 e. The highest BCUT2D eigenvalue weighted by Gasteiger charge is 2.20. The Balaban J connectivity index is 1.11. The molecule has 4 aromatic carbocycles. The Kier molecular flexibility index (Phi) is 7.86. The van der Waals surface area contributed by atoms with Crippen molar-refractivity contribution in [3.63, 3.8) is 0 Å². The van der Waals surface area contributed by atoms with Crippen molar-refractivity contribution in [1.29, 1.82) is 0 Å². The number of aromatic amines is 1. The normalized spacial score (nSPS) is 13.2. The van der Waals surface area contributed by atoms with Gasteiger partial charge in [0.25, 0.3) is 0 Å². The number of para-hydroxylation sites is 2. The smallest absolute Gasteiger partial charge is 0.228 e. The number of nitrogens with zero attached hydrogens (tertiary/aromatic N) is 1. The molecular weight excluding hydrogens is 545 g/mol. The fourth-order valence-corrected chi connectivity index (χ4v) is 6.00. The summed E-state index contributed by atoms with van der Waals surface area (Å²) in [5.74, 6) is 0.815. The van der Waals surface area contributed by atoms with Crippen LogP contribution in [0.25, 0.3) is 21.8 Å². The first-order valence-corrected chi connectivity index (χ1v) is 14.4. The van der Waals surface area contributed by atoms with E-state index in [0.29, 0.717) is 16.5 Å². The Morgan fingerprint density at radius 1 is 0.953 bits per heavy atom. The van der Waals surface area contributed by atoms with E-state index in [1.807, 2.05) is 13.0 Å². The Morgan fingerprint density at radius 2 is 1.67 bits per heavy atom. The average molecular weight is 580 g/mol. The fraction of sp³-hybridized carbons (Fsp3) is 0.257. The molecule has 2 heterocycles. The summed E-state index contributed by atoms with van der Waals surface area (Å²) in [5.41, 5.74) is 6.49. The van der Waals surface area contributed by atoms with Crippen molar-refractivity contribution >= 4 is 33.4 Å². The second kappa shape index (κ2) is 11.9. The number of halogens is 1. The van der Waals surface area contributed by atoms with Crippen molar-refractivity contribution in [1.82, 2.24) is 9.88 Å². The summed E-state index contributed by atoms with van der Waals surface area (Å²) in [7, 11) is 3.33. The van der Waals surface area contributed by atoms with Crippen LogP contribution in [-0.4, -0.2) is 43.1 Å². The molecule has 0 spiro atoms. The molecule has 1 aliphatic rings. The Bertz CT molecular complexity index is 1920. The lowest BCUT2D eigenvalue weighted by atomic mass is 9.98. The van der Waals surface area contributed by atoms with Gasteiger partial charge in [0.2, 0.25) is 5.91 Å². The molecule has 0 fully saturated rings. The Hall–Kier alpha value is -4.69. The monoisotopic (exact) mass is 579 g/mol. The standard InChI is InChI=1S/C35H34FN3O4/c1-21-16-22(12-14-39-15-13-23-17-30(42-2)31(43-3)18-25(23)20-39)10-11-29(21)37-32(40)19-24-6-4-7-26-33(24)38-34-27(35(26)41)8-5-9-28(34)36/h4-11,16-18H,12-15,19-20H2,1-3H3,(H,37,40)(H,38,41). The topological polar surface area (TPSA) is 83.7 Å². The number of aromatic nitrogens is 1. The minimum Gasteiger partial charge on any atom is -0.493 e. The van der Waals surface area contributed by atoms with Gasteiger partial charge in [-0.3, -0.25) is 14.5 Å². The van der Waals surface area contributed by atoms with Crippen molar-refractivity contribution in [3.05, 3.63) is 111 Å². The number of fused-ring (bicyclic) bond motifs is 3. The Morgan fingerprint density at radius 3 is 2.42 bits per heavy atom. The van der Waals surface area contributed by atoms with E-state index in [2.05, 4.69) is 39.5 Å². The maximum Gasteiger partial charge on any atom is 0.228 e. The molecule has 8 heteroatoms. The number of ether oxygens (including phenoxy) is 2. The zero-order valence-electron chi connectivity index (χ0n) is 24.6. The summed E-state index contributed by atoms with van der Waals surface area (Å²) in [6.45, 7) is 4.76. The van der Waals surface area contributed by atoms with Gasteiger partial charge in [-0.25, -0.2) is 4.39 Å².